The minimum Gasteiger partial charge on any atom is -0.465 e. The highest BCUT2D eigenvalue weighted by Gasteiger charge is 2.28. The number of carbonyl (C=O) groups is 2. The second-order valence-corrected chi connectivity index (χ2v) is 5.59. The third kappa shape index (κ3) is 6.42. The smallest absolute Gasteiger partial charge is 0.316 e. The first kappa shape index (κ1) is 18.4. The number of hydrogen-bond donors (Lipinski definition) is 0. The fourth-order valence-corrected chi connectivity index (χ4v) is 2.53. The van der Waals surface area contributed by atoms with Crippen molar-refractivity contribution in [3.05, 3.63) is 35.9 Å². The largest absolute Gasteiger partial charge is 0.465 e. The SMILES string of the molecule is CCCCCCCCC(C(=O)OCC)C(=O)c1ccccc1. The molecule has 0 saturated heterocycles. The number of ether oxygens (including phenoxy) is 1. The van der Waals surface area contributed by atoms with Gasteiger partial charge in [0.1, 0.15) is 5.92 Å². The highest BCUT2D eigenvalue weighted by atomic mass is 16.5. The molecule has 0 aliphatic rings. The molecule has 122 valence electrons. The Morgan fingerprint density at radius 1 is 0.955 bits per heavy atom. The van der Waals surface area contributed by atoms with Crippen LogP contribution in [0.1, 0.15) is 69.2 Å². The Bertz CT molecular complexity index is 439. The normalized spacial score (nSPS) is 11.9. The molecule has 0 spiro atoms. The van der Waals surface area contributed by atoms with Gasteiger partial charge in [-0.3, -0.25) is 9.59 Å². The van der Waals surface area contributed by atoms with Gasteiger partial charge in [-0.1, -0.05) is 75.8 Å². The predicted molar refractivity (Wildman–Crippen MR) is 88.9 cm³/mol. The van der Waals surface area contributed by atoms with Crippen molar-refractivity contribution in [2.45, 2.75) is 58.8 Å². The summed E-state index contributed by atoms with van der Waals surface area (Å²) in [7, 11) is 0. The molecule has 0 aliphatic carbocycles. The third-order valence-electron chi connectivity index (χ3n) is 3.79. The topological polar surface area (TPSA) is 43.4 Å². The molecule has 0 fully saturated rings. The van der Waals surface area contributed by atoms with Crippen LogP contribution >= 0.6 is 0 Å². The summed E-state index contributed by atoms with van der Waals surface area (Å²) in [5, 5.41) is 0. The molecule has 1 aromatic rings. The molecule has 0 aromatic heterocycles. The molecule has 0 amide bonds. The van der Waals surface area contributed by atoms with Gasteiger partial charge in [-0.2, -0.15) is 0 Å². The van der Waals surface area contributed by atoms with E-state index in [1.165, 1.54) is 25.7 Å². The Morgan fingerprint density at radius 3 is 2.23 bits per heavy atom. The van der Waals surface area contributed by atoms with E-state index >= 15 is 0 Å². The number of rotatable bonds is 11. The molecule has 22 heavy (non-hydrogen) atoms. The molecule has 1 rings (SSSR count). The Hall–Kier alpha value is -1.64. The van der Waals surface area contributed by atoms with E-state index in [1.54, 1.807) is 19.1 Å². The summed E-state index contributed by atoms with van der Waals surface area (Å²) in [6.45, 7) is 4.27. The quantitative estimate of drug-likeness (QED) is 0.255. The minimum absolute atomic E-state index is 0.118. The average molecular weight is 304 g/mol. The predicted octanol–water partition coefficient (Wildman–Crippen LogP) is 4.80. The molecule has 0 radical (unpaired) electrons. The van der Waals surface area contributed by atoms with E-state index in [0.717, 1.165) is 12.8 Å². The molecule has 0 heterocycles. The van der Waals surface area contributed by atoms with Crippen LogP contribution < -0.4 is 0 Å². The van der Waals surface area contributed by atoms with Crippen LogP contribution in [0.15, 0.2) is 30.3 Å². The van der Waals surface area contributed by atoms with E-state index in [9.17, 15) is 9.59 Å². The van der Waals surface area contributed by atoms with Crippen LogP contribution in [0.5, 0.6) is 0 Å². The summed E-state index contributed by atoms with van der Waals surface area (Å²) in [4.78, 5) is 24.6. The first-order valence-corrected chi connectivity index (χ1v) is 8.46. The number of carbonyl (C=O) groups excluding carboxylic acids is 2. The lowest BCUT2D eigenvalue weighted by atomic mass is 9.92. The lowest BCUT2D eigenvalue weighted by Crippen LogP contribution is -2.26. The Kier molecular flexibility index (Phi) is 9.20. The number of Topliss-reactive ketones (excluding diaryl/α,β-unsaturated/α-hetero) is 1. The van der Waals surface area contributed by atoms with E-state index in [0.29, 0.717) is 18.6 Å². The monoisotopic (exact) mass is 304 g/mol. The van der Waals surface area contributed by atoms with E-state index in [2.05, 4.69) is 6.92 Å². The molecule has 0 bridgehead atoms. The summed E-state index contributed by atoms with van der Waals surface area (Å²) in [6, 6.07) is 9.02. The van der Waals surface area contributed by atoms with E-state index in [1.807, 2.05) is 18.2 Å². The first-order chi connectivity index (χ1) is 10.7. The lowest BCUT2D eigenvalue weighted by molar-refractivity contribution is -0.146. The van der Waals surface area contributed by atoms with Crippen LogP contribution in [0.25, 0.3) is 0 Å². The lowest BCUT2D eigenvalue weighted by Gasteiger charge is -2.14. The van der Waals surface area contributed by atoms with Crippen LogP contribution in [0.3, 0.4) is 0 Å². The zero-order chi connectivity index (χ0) is 16.2. The van der Waals surface area contributed by atoms with Crippen molar-refractivity contribution in [2.24, 2.45) is 5.92 Å². The average Bonchev–Trinajstić information content (AvgIpc) is 2.54. The molecule has 0 aliphatic heterocycles. The van der Waals surface area contributed by atoms with Crippen molar-refractivity contribution in [1.82, 2.24) is 0 Å². The third-order valence-corrected chi connectivity index (χ3v) is 3.79. The van der Waals surface area contributed by atoms with Gasteiger partial charge in [-0.05, 0) is 13.3 Å². The Balaban J connectivity index is 2.57. The van der Waals surface area contributed by atoms with Gasteiger partial charge in [0.25, 0.3) is 0 Å². The molecule has 3 nitrogen and oxygen atoms in total. The molecule has 1 unspecified atom stereocenters. The highest BCUT2D eigenvalue weighted by Crippen LogP contribution is 2.19. The number of benzene rings is 1. The number of ketones is 1. The molecule has 1 aromatic carbocycles. The second-order valence-electron chi connectivity index (χ2n) is 5.59. The van der Waals surface area contributed by atoms with Crippen LogP contribution in [0.4, 0.5) is 0 Å². The summed E-state index contributed by atoms with van der Waals surface area (Å²) in [6.07, 6.45) is 7.42. The highest BCUT2D eigenvalue weighted by molar-refractivity contribution is 6.08. The first-order valence-electron chi connectivity index (χ1n) is 8.46. The Morgan fingerprint density at radius 2 is 1.59 bits per heavy atom. The van der Waals surface area contributed by atoms with Crippen molar-refractivity contribution in [3.63, 3.8) is 0 Å². The summed E-state index contributed by atoms with van der Waals surface area (Å²) in [5.41, 5.74) is 0.589. The Labute approximate surface area is 134 Å². The maximum absolute atomic E-state index is 12.5. The van der Waals surface area contributed by atoms with Gasteiger partial charge in [0.05, 0.1) is 6.61 Å². The van der Waals surface area contributed by atoms with Gasteiger partial charge in [-0.25, -0.2) is 0 Å². The van der Waals surface area contributed by atoms with Crippen LogP contribution in [0.2, 0.25) is 0 Å². The van der Waals surface area contributed by atoms with Crippen molar-refractivity contribution in [1.29, 1.82) is 0 Å². The maximum atomic E-state index is 12.5. The van der Waals surface area contributed by atoms with Crippen LogP contribution in [0, 0.1) is 5.92 Å². The number of esters is 1. The van der Waals surface area contributed by atoms with Gasteiger partial charge in [-0.15, -0.1) is 0 Å². The van der Waals surface area contributed by atoms with Gasteiger partial charge >= 0.3 is 5.97 Å². The fourth-order valence-electron chi connectivity index (χ4n) is 2.53. The van der Waals surface area contributed by atoms with Crippen molar-refractivity contribution < 1.29 is 14.3 Å². The zero-order valence-electron chi connectivity index (χ0n) is 13.8. The van der Waals surface area contributed by atoms with Crippen molar-refractivity contribution >= 4 is 11.8 Å². The van der Waals surface area contributed by atoms with Crippen LogP contribution in [-0.4, -0.2) is 18.4 Å². The summed E-state index contributed by atoms with van der Waals surface area (Å²) in [5.74, 6) is -1.16. The second kappa shape index (κ2) is 11.0. The van der Waals surface area contributed by atoms with E-state index in [4.69, 9.17) is 4.74 Å². The van der Waals surface area contributed by atoms with Crippen molar-refractivity contribution in [2.75, 3.05) is 6.61 Å². The molecular weight excluding hydrogens is 276 g/mol. The molecular formula is C19H28O3. The number of hydrogen-bond acceptors (Lipinski definition) is 3. The molecule has 1 atom stereocenters. The molecule has 0 saturated carbocycles. The van der Waals surface area contributed by atoms with Gasteiger partial charge in [0.15, 0.2) is 5.78 Å². The summed E-state index contributed by atoms with van der Waals surface area (Å²) >= 11 is 0. The zero-order valence-corrected chi connectivity index (χ0v) is 13.8. The van der Waals surface area contributed by atoms with Crippen LogP contribution in [-0.2, 0) is 9.53 Å². The van der Waals surface area contributed by atoms with E-state index < -0.39 is 5.92 Å². The van der Waals surface area contributed by atoms with Crippen molar-refractivity contribution in [3.8, 4) is 0 Å². The van der Waals surface area contributed by atoms with E-state index in [-0.39, 0.29) is 11.8 Å². The van der Waals surface area contributed by atoms with Gasteiger partial charge < -0.3 is 4.74 Å². The number of unbranched alkanes of at least 4 members (excludes halogenated alkanes) is 5. The summed E-state index contributed by atoms with van der Waals surface area (Å²) < 4.78 is 5.08. The molecule has 0 N–H and O–H groups in total. The van der Waals surface area contributed by atoms with Gasteiger partial charge in [0.2, 0.25) is 0 Å². The molecule has 3 heteroatoms. The standard InChI is InChI=1S/C19H28O3/c1-3-5-6-7-8-12-15-17(19(21)22-4-2)18(20)16-13-10-9-11-14-16/h9-11,13-14,17H,3-8,12,15H2,1-2H3. The fraction of sp³-hybridized carbons (Fsp3) is 0.579. The maximum Gasteiger partial charge on any atom is 0.316 e. The van der Waals surface area contributed by atoms with Gasteiger partial charge in [0, 0.05) is 5.56 Å². The minimum atomic E-state index is -0.659.